The van der Waals surface area contributed by atoms with E-state index in [0.717, 1.165) is 31.7 Å². The third-order valence-corrected chi connectivity index (χ3v) is 3.16. The van der Waals surface area contributed by atoms with Crippen LogP contribution in [0.2, 0.25) is 0 Å². The van der Waals surface area contributed by atoms with Gasteiger partial charge in [-0.15, -0.1) is 0 Å². The van der Waals surface area contributed by atoms with E-state index in [0.29, 0.717) is 6.54 Å². The maximum atomic E-state index is 12.0. The fourth-order valence-corrected chi connectivity index (χ4v) is 2.24. The molecule has 2 unspecified atom stereocenters. The Morgan fingerprint density at radius 2 is 2.59 bits per heavy atom. The highest BCUT2D eigenvalue weighted by atomic mass is 16.5. The number of carbonyl (C=O) groups excluding carboxylic acids is 1. The first-order chi connectivity index (χ1) is 8.31. The fourth-order valence-electron chi connectivity index (χ4n) is 2.24. The molecule has 0 bridgehead atoms. The van der Waals surface area contributed by atoms with E-state index in [1.54, 1.807) is 12.4 Å². The first-order valence-corrected chi connectivity index (χ1v) is 6.19. The summed E-state index contributed by atoms with van der Waals surface area (Å²) in [6.07, 6.45) is 6.27. The van der Waals surface area contributed by atoms with Gasteiger partial charge < -0.3 is 15.0 Å². The Hall–Kier alpha value is -1.36. The average Bonchev–Trinajstić information content (AvgIpc) is 2.89. The van der Waals surface area contributed by atoms with Gasteiger partial charge in [0.05, 0.1) is 18.6 Å². The number of rotatable bonds is 4. The molecule has 5 heteroatoms. The summed E-state index contributed by atoms with van der Waals surface area (Å²) >= 11 is 0. The normalized spacial score (nSPS) is 24.5. The van der Waals surface area contributed by atoms with Crippen molar-refractivity contribution in [1.29, 1.82) is 0 Å². The number of carbonyl (C=O) groups is 1. The molecule has 1 aromatic heterocycles. The zero-order valence-corrected chi connectivity index (χ0v) is 10.1. The summed E-state index contributed by atoms with van der Waals surface area (Å²) < 4.78 is 5.61. The number of hydrogen-bond donors (Lipinski definition) is 2. The summed E-state index contributed by atoms with van der Waals surface area (Å²) in [5.74, 6) is 0.847. The molecule has 1 saturated heterocycles. The van der Waals surface area contributed by atoms with Gasteiger partial charge in [0, 0.05) is 19.0 Å². The quantitative estimate of drug-likeness (QED) is 0.827. The molecular formula is C12H19N3O2. The molecule has 5 nitrogen and oxygen atoms in total. The van der Waals surface area contributed by atoms with E-state index in [2.05, 4.69) is 22.2 Å². The second kappa shape index (κ2) is 5.82. The number of imidazole rings is 1. The second-order valence-corrected chi connectivity index (χ2v) is 4.32. The Bertz CT molecular complexity index is 351. The highest BCUT2D eigenvalue weighted by Crippen LogP contribution is 2.23. The van der Waals surface area contributed by atoms with E-state index in [1.807, 2.05) is 0 Å². The molecule has 1 amide bonds. The summed E-state index contributed by atoms with van der Waals surface area (Å²) in [6, 6.07) is 0. The van der Waals surface area contributed by atoms with Crippen molar-refractivity contribution in [3.8, 4) is 0 Å². The zero-order valence-electron chi connectivity index (χ0n) is 10.1. The summed E-state index contributed by atoms with van der Waals surface area (Å²) in [7, 11) is 0. The summed E-state index contributed by atoms with van der Waals surface area (Å²) in [6.45, 7) is 3.29. The lowest BCUT2D eigenvalue weighted by Gasteiger charge is -2.29. The van der Waals surface area contributed by atoms with Gasteiger partial charge in [-0.2, -0.15) is 0 Å². The minimum absolute atomic E-state index is 0.0105. The number of aromatic nitrogens is 2. The fraction of sp³-hybridized carbons (Fsp3) is 0.667. The van der Waals surface area contributed by atoms with E-state index in [-0.39, 0.29) is 17.9 Å². The number of aromatic amines is 1. The maximum Gasteiger partial charge on any atom is 0.226 e. The molecule has 94 valence electrons. The van der Waals surface area contributed by atoms with Crippen LogP contribution in [0, 0.1) is 5.92 Å². The van der Waals surface area contributed by atoms with E-state index in [1.165, 1.54) is 0 Å². The number of ether oxygens (including phenoxy) is 1. The van der Waals surface area contributed by atoms with Crippen molar-refractivity contribution >= 4 is 5.91 Å². The maximum absolute atomic E-state index is 12.0. The third kappa shape index (κ3) is 3.06. The highest BCUT2D eigenvalue weighted by molar-refractivity contribution is 5.79. The average molecular weight is 237 g/mol. The van der Waals surface area contributed by atoms with E-state index in [9.17, 15) is 4.79 Å². The number of nitrogens with one attached hydrogen (secondary N) is 2. The molecule has 0 aromatic carbocycles. The molecule has 2 heterocycles. The Morgan fingerprint density at radius 1 is 1.71 bits per heavy atom. The van der Waals surface area contributed by atoms with Crippen LogP contribution >= 0.6 is 0 Å². The number of amides is 1. The van der Waals surface area contributed by atoms with Crippen molar-refractivity contribution in [1.82, 2.24) is 15.3 Å². The molecule has 0 spiro atoms. The van der Waals surface area contributed by atoms with Gasteiger partial charge >= 0.3 is 0 Å². The minimum Gasteiger partial charge on any atom is -0.377 e. The number of nitrogens with zero attached hydrogens (tertiary/aromatic N) is 1. The van der Waals surface area contributed by atoms with Crippen molar-refractivity contribution in [2.75, 3.05) is 6.61 Å². The van der Waals surface area contributed by atoms with Gasteiger partial charge in [-0.3, -0.25) is 4.79 Å². The predicted octanol–water partition coefficient (Wildman–Crippen LogP) is 1.23. The van der Waals surface area contributed by atoms with Crippen LogP contribution < -0.4 is 5.32 Å². The molecule has 1 aromatic rings. The molecule has 1 aliphatic heterocycles. The van der Waals surface area contributed by atoms with Gasteiger partial charge in [-0.25, -0.2) is 4.98 Å². The molecule has 2 atom stereocenters. The van der Waals surface area contributed by atoms with Crippen LogP contribution in [0.3, 0.4) is 0 Å². The van der Waals surface area contributed by atoms with Crippen molar-refractivity contribution in [2.45, 2.75) is 38.8 Å². The molecule has 2 rings (SSSR count). The smallest absolute Gasteiger partial charge is 0.226 e. The van der Waals surface area contributed by atoms with Gasteiger partial charge in [0.15, 0.2) is 0 Å². The lowest BCUT2D eigenvalue weighted by atomic mass is 9.92. The van der Waals surface area contributed by atoms with Crippen LogP contribution in [-0.2, 0) is 16.1 Å². The van der Waals surface area contributed by atoms with Gasteiger partial charge in [0.1, 0.15) is 5.82 Å². The Balaban J connectivity index is 1.85. The molecule has 1 aliphatic rings. The van der Waals surface area contributed by atoms with Crippen molar-refractivity contribution in [3.05, 3.63) is 18.2 Å². The van der Waals surface area contributed by atoms with Gasteiger partial charge in [-0.1, -0.05) is 6.92 Å². The molecular weight excluding hydrogens is 218 g/mol. The van der Waals surface area contributed by atoms with Crippen LogP contribution in [-0.4, -0.2) is 28.6 Å². The standard InChI is InChI=1S/C12H19N3O2/c1-2-10-9(4-3-7-17-10)12(16)15-8-11-13-5-6-14-11/h5-6,9-10H,2-4,7-8H2,1H3,(H,13,14)(H,15,16). The van der Waals surface area contributed by atoms with Crippen LogP contribution in [0.4, 0.5) is 0 Å². The van der Waals surface area contributed by atoms with Crippen molar-refractivity contribution in [2.24, 2.45) is 5.92 Å². The topological polar surface area (TPSA) is 67.0 Å². The molecule has 0 aliphatic carbocycles. The lowest BCUT2D eigenvalue weighted by Crippen LogP contribution is -2.41. The van der Waals surface area contributed by atoms with Crippen molar-refractivity contribution < 1.29 is 9.53 Å². The molecule has 2 N–H and O–H groups in total. The number of H-pyrrole nitrogens is 1. The van der Waals surface area contributed by atoms with Gasteiger partial charge in [-0.05, 0) is 19.3 Å². The third-order valence-electron chi connectivity index (χ3n) is 3.16. The van der Waals surface area contributed by atoms with Crippen LogP contribution in [0.25, 0.3) is 0 Å². The van der Waals surface area contributed by atoms with Crippen LogP contribution in [0.1, 0.15) is 32.0 Å². The van der Waals surface area contributed by atoms with Gasteiger partial charge in [0.2, 0.25) is 5.91 Å². The van der Waals surface area contributed by atoms with Crippen LogP contribution in [0.5, 0.6) is 0 Å². The summed E-state index contributed by atoms with van der Waals surface area (Å²) in [4.78, 5) is 19.1. The minimum atomic E-state index is -0.0105. The SMILES string of the molecule is CCC1OCCCC1C(=O)NCc1ncc[nH]1. The largest absolute Gasteiger partial charge is 0.377 e. The Morgan fingerprint density at radius 3 is 3.29 bits per heavy atom. The van der Waals surface area contributed by atoms with Crippen LogP contribution in [0.15, 0.2) is 12.4 Å². The van der Waals surface area contributed by atoms with Crippen molar-refractivity contribution in [3.63, 3.8) is 0 Å². The van der Waals surface area contributed by atoms with E-state index < -0.39 is 0 Å². The first-order valence-electron chi connectivity index (χ1n) is 6.19. The number of hydrogen-bond acceptors (Lipinski definition) is 3. The van der Waals surface area contributed by atoms with E-state index >= 15 is 0 Å². The summed E-state index contributed by atoms with van der Waals surface area (Å²) in [5, 5.41) is 2.91. The molecule has 1 fully saturated rings. The lowest BCUT2D eigenvalue weighted by molar-refractivity contribution is -0.134. The Labute approximate surface area is 101 Å². The summed E-state index contributed by atoms with van der Waals surface area (Å²) in [5.41, 5.74) is 0. The highest BCUT2D eigenvalue weighted by Gasteiger charge is 2.30. The molecule has 0 saturated carbocycles. The zero-order chi connectivity index (χ0) is 12.1. The predicted molar refractivity (Wildman–Crippen MR) is 63.2 cm³/mol. The first kappa shape index (κ1) is 12.1. The monoisotopic (exact) mass is 237 g/mol. The second-order valence-electron chi connectivity index (χ2n) is 4.32. The molecule has 17 heavy (non-hydrogen) atoms. The van der Waals surface area contributed by atoms with E-state index in [4.69, 9.17) is 4.74 Å². The Kier molecular flexibility index (Phi) is 4.14. The van der Waals surface area contributed by atoms with Gasteiger partial charge in [0.25, 0.3) is 0 Å². The molecule has 0 radical (unpaired) electrons.